The first-order valence-corrected chi connectivity index (χ1v) is 8.62. The molecule has 0 radical (unpaired) electrons. The Hall–Kier alpha value is -2.14. The standard InChI is InChI=1S/C19H25N3O2/c1-13-10-18(24-22-13)11-16-4-3-5-19(16)20-12-15-6-8-17(9-7-15)21-14(2)23/h6-10,16,19-20H,3-5,11-12H2,1-2H3,(H,21,23)/t16-,19+/m0/s1. The molecule has 1 aromatic heterocycles. The van der Waals surface area contributed by atoms with Gasteiger partial charge in [0.2, 0.25) is 5.91 Å². The van der Waals surface area contributed by atoms with Crippen molar-refractivity contribution in [3.63, 3.8) is 0 Å². The third kappa shape index (κ3) is 4.45. The summed E-state index contributed by atoms with van der Waals surface area (Å²) in [5, 5.41) is 10.5. The molecule has 2 N–H and O–H groups in total. The third-order valence-corrected chi connectivity index (χ3v) is 4.64. The number of hydrogen-bond acceptors (Lipinski definition) is 4. The lowest BCUT2D eigenvalue weighted by molar-refractivity contribution is -0.114. The fourth-order valence-corrected chi connectivity index (χ4v) is 3.48. The average Bonchev–Trinajstić information content (AvgIpc) is 3.15. The molecule has 3 rings (SSSR count). The Morgan fingerprint density at radius 2 is 2.08 bits per heavy atom. The molecule has 1 amide bonds. The maximum absolute atomic E-state index is 11.0. The van der Waals surface area contributed by atoms with E-state index in [0.717, 1.165) is 30.1 Å². The fraction of sp³-hybridized carbons (Fsp3) is 0.474. The zero-order valence-electron chi connectivity index (χ0n) is 14.3. The second kappa shape index (κ2) is 7.62. The number of carbonyl (C=O) groups excluding carboxylic acids is 1. The number of rotatable bonds is 6. The number of benzene rings is 1. The van der Waals surface area contributed by atoms with Crippen molar-refractivity contribution >= 4 is 11.6 Å². The number of aryl methyl sites for hydroxylation is 1. The second-order valence-electron chi connectivity index (χ2n) is 6.70. The van der Waals surface area contributed by atoms with Crippen LogP contribution in [0.15, 0.2) is 34.9 Å². The molecule has 128 valence electrons. The summed E-state index contributed by atoms with van der Waals surface area (Å²) in [6, 6.07) is 10.6. The van der Waals surface area contributed by atoms with Crippen molar-refractivity contribution in [1.82, 2.24) is 10.5 Å². The molecule has 0 spiro atoms. The van der Waals surface area contributed by atoms with E-state index in [0.29, 0.717) is 12.0 Å². The van der Waals surface area contributed by atoms with Crippen LogP contribution in [-0.4, -0.2) is 17.1 Å². The Kier molecular flexibility index (Phi) is 5.30. The summed E-state index contributed by atoms with van der Waals surface area (Å²) >= 11 is 0. The SMILES string of the molecule is CC(=O)Nc1ccc(CN[C@@H]2CCC[C@H]2Cc2cc(C)no2)cc1. The fourth-order valence-electron chi connectivity index (χ4n) is 3.48. The highest BCUT2D eigenvalue weighted by molar-refractivity contribution is 5.88. The smallest absolute Gasteiger partial charge is 0.221 e. The van der Waals surface area contributed by atoms with Crippen LogP contribution < -0.4 is 10.6 Å². The predicted molar refractivity (Wildman–Crippen MR) is 93.7 cm³/mol. The number of amides is 1. The summed E-state index contributed by atoms with van der Waals surface area (Å²) in [6.45, 7) is 4.32. The molecule has 5 heteroatoms. The van der Waals surface area contributed by atoms with E-state index >= 15 is 0 Å². The first kappa shape index (κ1) is 16.7. The lowest BCUT2D eigenvalue weighted by atomic mass is 9.97. The number of aromatic nitrogens is 1. The lowest BCUT2D eigenvalue weighted by Gasteiger charge is -2.20. The zero-order valence-corrected chi connectivity index (χ0v) is 14.3. The Morgan fingerprint density at radius 3 is 2.75 bits per heavy atom. The van der Waals surface area contributed by atoms with Crippen LogP contribution in [0, 0.1) is 12.8 Å². The highest BCUT2D eigenvalue weighted by Gasteiger charge is 2.28. The minimum absolute atomic E-state index is 0.0441. The summed E-state index contributed by atoms with van der Waals surface area (Å²) in [6.07, 6.45) is 4.66. The van der Waals surface area contributed by atoms with Gasteiger partial charge in [0.1, 0.15) is 5.76 Å². The number of hydrogen-bond donors (Lipinski definition) is 2. The monoisotopic (exact) mass is 327 g/mol. The second-order valence-corrected chi connectivity index (χ2v) is 6.70. The Bertz CT molecular complexity index is 678. The van der Waals surface area contributed by atoms with Crippen LogP contribution in [-0.2, 0) is 17.8 Å². The summed E-state index contributed by atoms with van der Waals surface area (Å²) in [5.41, 5.74) is 3.02. The van der Waals surface area contributed by atoms with Gasteiger partial charge in [0.15, 0.2) is 0 Å². The van der Waals surface area contributed by atoms with Crippen LogP contribution in [0.2, 0.25) is 0 Å². The molecule has 5 nitrogen and oxygen atoms in total. The highest BCUT2D eigenvalue weighted by Crippen LogP contribution is 2.29. The zero-order chi connectivity index (χ0) is 16.9. The van der Waals surface area contributed by atoms with Crippen LogP contribution in [0.25, 0.3) is 0 Å². The van der Waals surface area contributed by atoms with Crippen LogP contribution in [0.1, 0.15) is 43.2 Å². The van der Waals surface area contributed by atoms with E-state index in [1.165, 1.54) is 31.7 Å². The molecule has 1 aliphatic rings. The average molecular weight is 327 g/mol. The number of anilines is 1. The maximum Gasteiger partial charge on any atom is 0.221 e. The molecule has 2 aromatic rings. The molecule has 1 fully saturated rings. The first-order chi connectivity index (χ1) is 11.6. The van der Waals surface area contributed by atoms with Gasteiger partial charge in [0, 0.05) is 37.7 Å². The van der Waals surface area contributed by atoms with Crippen molar-refractivity contribution in [2.24, 2.45) is 5.92 Å². The molecular formula is C19H25N3O2. The molecule has 1 saturated carbocycles. The van der Waals surface area contributed by atoms with Crippen LogP contribution in [0.4, 0.5) is 5.69 Å². The van der Waals surface area contributed by atoms with E-state index in [4.69, 9.17) is 4.52 Å². The first-order valence-electron chi connectivity index (χ1n) is 8.62. The van der Waals surface area contributed by atoms with Gasteiger partial charge >= 0.3 is 0 Å². The minimum atomic E-state index is -0.0441. The van der Waals surface area contributed by atoms with Crippen molar-refractivity contribution < 1.29 is 9.32 Å². The van der Waals surface area contributed by atoms with Gasteiger partial charge in [0.25, 0.3) is 0 Å². The quantitative estimate of drug-likeness (QED) is 0.853. The highest BCUT2D eigenvalue weighted by atomic mass is 16.5. The topological polar surface area (TPSA) is 67.2 Å². The summed E-state index contributed by atoms with van der Waals surface area (Å²) in [5.74, 6) is 1.55. The number of nitrogens with zero attached hydrogens (tertiary/aromatic N) is 1. The molecule has 24 heavy (non-hydrogen) atoms. The van der Waals surface area contributed by atoms with E-state index in [1.54, 1.807) is 0 Å². The van der Waals surface area contributed by atoms with Gasteiger partial charge in [-0.25, -0.2) is 0 Å². The molecule has 0 bridgehead atoms. The van der Waals surface area contributed by atoms with Crippen molar-refractivity contribution in [1.29, 1.82) is 0 Å². The predicted octanol–water partition coefficient (Wildman–Crippen LogP) is 3.44. The van der Waals surface area contributed by atoms with Crippen molar-refractivity contribution in [3.8, 4) is 0 Å². The number of carbonyl (C=O) groups is 1. The molecule has 1 aromatic carbocycles. The van der Waals surface area contributed by atoms with Crippen LogP contribution >= 0.6 is 0 Å². The van der Waals surface area contributed by atoms with Crippen molar-refractivity contribution in [2.45, 2.75) is 52.1 Å². The Labute approximate surface area is 142 Å². The summed E-state index contributed by atoms with van der Waals surface area (Å²) in [4.78, 5) is 11.0. The van der Waals surface area contributed by atoms with E-state index in [2.05, 4.69) is 27.9 Å². The van der Waals surface area contributed by atoms with Gasteiger partial charge in [-0.05, 0) is 43.4 Å². The van der Waals surface area contributed by atoms with Gasteiger partial charge in [0.05, 0.1) is 5.69 Å². The molecule has 1 aliphatic carbocycles. The molecule has 0 unspecified atom stereocenters. The van der Waals surface area contributed by atoms with E-state index in [1.807, 2.05) is 25.1 Å². The van der Waals surface area contributed by atoms with Crippen molar-refractivity contribution in [2.75, 3.05) is 5.32 Å². The van der Waals surface area contributed by atoms with Gasteiger partial charge in [-0.3, -0.25) is 4.79 Å². The van der Waals surface area contributed by atoms with E-state index in [-0.39, 0.29) is 5.91 Å². The molecule has 0 saturated heterocycles. The summed E-state index contributed by atoms with van der Waals surface area (Å²) in [7, 11) is 0. The van der Waals surface area contributed by atoms with E-state index in [9.17, 15) is 4.79 Å². The van der Waals surface area contributed by atoms with Gasteiger partial charge < -0.3 is 15.2 Å². The Morgan fingerprint density at radius 1 is 1.29 bits per heavy atom. The molecular weight excluding hydrogens is 302 g/mol. The van der Waals surface area contributed by atoms with Crippen LogP contribution in [0.3, 0.4) is 0 Å². The van der Waals surface area contributed by atoms with Gasteiger partial charge in [-0.1, -0.05) is 23.7 Å². The van der Waals surface area contributed by atoms with Gasteiger partial charge in [-0.2, -0.15) is 0 Å². The minimum Gasteiger partial charge on any atom is -0.361 e. The van der Waals surface area contributed by atoms with E-state index < -0.39 is 0 Å². The maximum atomic E-state index is 11.0. The normalized spacial score (nSPS) is 20.2. The van der Waals surface area contributed by atoms with Crippen molar-refractivity contribution in [3.05, 3.63) is 47.3 Å². The molecule has 2 atom stereocenters. The molecule has 0 aliphatic heterocycles. The largest absolute Gasteiger partial charge is 0.361 e. The van der Waals surface area contributed by atoms with Gasteiger partial charge in [-0.15, -0.1) is 0 Å². The third-order valence-electron chi connectivity index (χ3n) is 4.64. The number of nitrogens with one attached hydrogen (secondary N) is 2. The molecule has 1 heterocycles. The Balaban J connectivity index is 1.52. The van der Waals surface area contributed by atoms with Crippen LogP contribution in [0.5, 0.6) is 0 Å². The lowest BCUT2D eigenvalue weighted by Crippen LogP contribution is -2.32. The summed E-state index contributed by atoms with van der Waals surface area (Å²) < 4.78 is 5.37.